The Labute approximate surface area is 286 Å². The molecule has 0 fully saturated rings. The Balaban J connectivity index is 1.08. The molecular formula is C47H30N2. The van der Waals surface area contributed by atoms with Gasteiger partial charge in [-0.25, -0.2) is 9.97 Å². The minimum Gasteiger partial charge on any atom is -0.228 e. The summed E-state index contributed by atoms with van der Waals surface area (Å²) in [6.07, 6.45) is 0. The van der Waals surface area contributed by atoms with E-state index in [0.717, 1.165) is 33.9 Å². The summed E-state index contributed by atoms with van der Waals surface area (Å²) >= 11 is 0. The molecule has 0 aliphatic heterocycles. The van der Waals surface area contributed by atoms with E-state index in [0.29, 0.717) is 0 Å². The standard InChI is InChI=1S/C47H30N2/c1-3-13-32(14-4-1)44-30-45(49-46(48-44)34-15-5-2-6-16-34)33-25-23-31(24-26-33)35-27-28-43-39(29-35)38-19-9-12-22-42(38)47(43)40-20-10-7-17-36(40)37-18-8-11-21-41(37)47/h1-30H. The molecule has 2 aliphatic rings. The van der Waals surface area contributed by atoms with Gasteiger partial charge in [-0.05, 0) is 67.8 Å². The Bertz CT molecular complexity index is 2430. The lowest BCUT2D eigenvalue weighted by Crippen LogP contribution is -2.25. The lowest BCUT2D eigenvalue weighted by molar-refractivity contribution is 0.794. The Morgan fingerprint density at radius 1 is 0.286 bits per heavy atom. The first-order valence-electron chi connectivity index (χ1n) is 16.8. The molecule has 0 atom stereocenters. The number of nitrogens with zero attached hydrogens (tertiary/aromatic N) is 2. The fourth-order valence-corrected chi connectivity index (χ4v) is 8.18. The maximum Gasteiger partial charge on any atom is 0.160 e. The Hall–Kier alpha value is -6.38. The number of rotatable bonds is 4. The molecule has 1 aromatic heterocycles. The van der Waals surface area contributed by atoms with E-state index in [9.17, 15) is 0 Å². The van der Waals surface area contributed by atoms with Gasteiger partial charge >= 0.3 is 0 Å². The first-order chi connectivity index (χ1) is 24.3. The smallest absolute Gasteiger partial charge is 0.160 e. The number of hydrogen-bond donors (Lipinski definition) is 0. The van der Waals surface area contributed by atoms with E-state index in [-0.39, 0.29) is 5.41 Å². The maximum atomic E-state index is 5.04. The van der Waals surface area contributed by atoms with Crippen LogP contribution in [0.3, 0.4) is 0 Å². The van der Waals surface area contributed by atoms with Gasteiger partial charge in [0.2, 0.25) is 0 Å². The average molecular weight is 623 g/mol. The molecule has 0 N–H and O–H groups in total. The Kier molecular flexibility index (Phi) is 6.13. The van der Waals surface area contributed by atoms with Crippen LogP contribution in [-0.4, -0.2) is 9.97 Å². The van der Waals surface area contributed by atoms with E-state index in [2.05, 4.69) is 158 Å². The molecule has 0 saturated carbocycles. The molecule has 10 rings (SSSR count). The third kappa shape index (κ3) is 4.14. The zero-order valence-electron chi connectivity index (χ0n) is 26.7. The predicted molar refractivity (Wildman–Crippen MR) is 200 cm³/mol. The second-order valence-corrected chi connectivity index (χ2v) is 12.9. The van der Waals surface area contributed by atoms with E-state index in [1.807, 2.05) is 24.3 Å². The van der Waals surface area contributed by atoms with Gasteiger partial charge in [-0.15, -0.1) is 0 Å². The summed E-state index contributed by atoms with van der Waals surface area (Å²) in [7, 11) is 0. The molecule has 7 aromatic carbocycles. The molecule has 8 aromatic rings. The number of hydrogen-bond acceptors (Lipinski definition) is 2. The summed E-state index contributed by atoms with van der Waals surface area (Å²) in [5, 5.41) is 0. The largest absolute Gasteiger partial charge is 0.228 e. The first-order valence-corrected chi connectivity index (χ1v) is 16.8. The first kappa shape index (κ1) is 27.7. The van der Waals surface area contributed by atoms with Crippen molar-refractivity contribution in [2.24, 2.45) is 0 Å². The summed E-state index contributed by atoms with van der Waals surface area (Å²) in [6, 6.07) is 65.4. The Morgan fingerprint density at radius 2 is 0.694 bits per heavy atom. The van der Waals surface area contributed by atoms with Gasteiger partial charge < -0.3 is 0 Å². The van der Waals surface area contributed by atoms with Crippen molar-refractivity contribution >= 4 is 0 Å². The van der Waals surface area contributed by atoms with Gasteiger partial charge in [-0.2, -0.15) is 0 Å². The van der Waals surface area contributed by atoms with Crippen LogP contribution in [0, 0.1) is 0 Å². The maximum absolute atomic E-state index is 5.04. The summed E-state index contributed by atoms with van der Waals surface area (Å²) in [4.78, 5) is 10.0. The summed E-state index contributed by atoms with van der Waals surface area (Å²) in [5.41, 5.74) is 17.7. The van der Waals surface area contributed by atoms with Crippen LogP contribution in [-0.2, 0) is 5.41 Å². The Morgan fingerprint density at radius 3 is 1.27 bits per heavy atom. The van der Waals surface area contributed by atoms with Crippen molar-refractivity contribution in [1.29, 1.82) is 0 Å². The minimum absolute atomic E-state index is 0.318. The fraction of sp³-hybridized carbons (Fsp3) is 0.0213. The highest BCUT2D eigenvalue weighted by Crippen LogP contribution is 2.62. The predicted octanol–water partition coefficient (Wildman–Crippen LogP) is 11.5. The van der Waals surface area contributed by atoms with Crippen molar-refractivity contribution in [3.8, 4) is 67.3 Å². The van der Waals surface area contributed by atoms with Gasteiger partial charge in [0.1, 0.15) is 0 Å². The van der Waals surface area contributed by atoms with Crippen molar-refractivity contribution in [2.75, 3.05) is 0 Å². The molecule has 1 heterocycles. The normalized spacial score (nSPS) is 13.1. The van der Waals surface area contributed by atoms with Crippen LogP contribution in [0.15, 0.2) is 182 Å². The molecule has 0 unspecified atom stereocenters. The topological polar surface area (TPSA) is 25.8 Å². The van der Waals surface area contributed by atoms with Crippen LogP contribution in [0.2, 0.25) is 0 Å². The second-order valence-electron chi connectivity index (χ2n) is 12.9. The number of benzene rings is 7. The SMILES string of the molecule is c1ccc(-c2cc(-c3ccc(-c4ccc5c(c4)-c4ccccc4C54c5ccccc5-c5ccccc54)cc3)nc(-c3ccccc3)n2)cc1. The molecule has 0 radical (unpaired) electrons. The molecular weight excluding hydrogens is 593 g/mol. The van der Waals surface area contributed by atoms with Crippen molar-refractivity contribution in [3.63, 3.8) is 0 Å². The van der Waals surface area contributed by atoms with Crippen LogP contribution in [0.4, 0.5) is 0 Å². The van der Waals surface area contributed by atoms with Gasteiger partial charge in [-0.3, -0.25) is 0 Å². The van der Waals surface area contributed by atoms with Gasteiger partial charge in [-0.1, -0.05) is 170 Å². The highest BCUT2D eigenvalue weighted by atomic mass is 14.9. The van der Waals surface area contributed by atoms with Crippen LogP contribution in [0.5, 0.6) is 0 Å². The number of aromatic nitrogens is 2. The van der Waals surface area contributed by atoms with Crippen LogP contribution in [0.25, 0.3) is 67.3 Å². The molecule has 0 saturated heterocycles. The molecule has 228 valence electrons. The van der Waals surface area contributed by atoms with Gasteiger partial charge in [0.15, 0.2) is 5.82 Å². The van der Waals surface area contributed by atoms with E-state index in [1.54, 1.807) is 0 Å². The summed E-state index contributed by atoms with van der Waals surface area (Å²) < 4.78 is 0. The van der Waals surface area contributed by atoms with Gasteiger partial charge in [0.25, 0.3) is 0 Å². The molecule has 0 bridgehead atoms. The zero-order valence-corrected chi connectivity index (χ0v) is 26.7. The zero-order chi connectivity index (χ0) is 32.4. The quantitative estimate of drug-likeness (QED) is 0.195. The molecule has 49 heavy (non-hydrogen) atoms. The van der Waals surface area contributed by atoms with Crippen molar-refractivity contribution in [2.45, 2.75) is 5.41 Å². The molecule has 2 aliphatic carbocycles. The van der Waals surface area contributed by atoms with E-state index < -0.39 is 0 Å². The van der Waals surface area contributed by atoms with Gasteiger partial charge in [0.05, 0.1) is 16.8 Å². The molecule has 0 amide bonds. The third-order valence-electron chi connectivity index (χ3n) is 10.3. The molecule has 2 heteroatoms. The molecule has 1 spiro atoms. The van der Waals surface area contributed by atoms with Crippen molar-refractivity contribution in [3.05, 3.63) is 204 Å². The highest BCUT2D eigenvalue weighted by Gasteiger charge is 2.51. The third-order valence-corrected chi connectivity index (χ3v) is 10.3. The van der Waals surface area contributed by atoms with Crippen LogP contribution in [0.1, 0.15) is 22.3 Å². The van der Waals surface area contributed by atoms with Crippen LogP contribution < -0.4 is 0 Å². The van der Waals surface area contributed by atoms with E-state index in [1.165, 1.54) is 55.6 Å². The van der Waals surface area contributed by atoms with Gasteiger partial charge in [0, 0.05) is 16.7 Å². The minimum atomic E-state index is -0.318. The van der Waals surface area contributed by atoms with Crippen molar-refractivity contribution < 1.29 is 0 Å². The monoisotopic (exact) mass is 622 g/mol. The second kappa shape index (κ2) is 10.8. The summed E-state index contributed by atoms with van der Waals surface area (Å²) in [6.45, 7) is 0. The lowest BCUT2D eigenvalue weighted by atomic mass is 9.70. The van der Waals surface area contributed by atoms with E-state index in [4.69, 9.17) is 9.97 Å². The fourth-order valence-electron chi connectivity index (χ4n) is 8.18. The van der Waals surface area contributed by atoms with Crippen molar-refractivity contribution in [1.82, 2.24) is 9.97 Å². The van der Waals surface area contributed by atoms with E-state index >= 15 is 0 Å². The average Bonchev–Trinajstić information content (AvgIpc) is 3.65. The molecule has 2 nitrogen and oxygen atoms in total. The highest BCUT2D eigenvalue weighted by molar-refractivity contribution is 5.96. The lowest BCUT2D eigenvalue weighted by Gasteiger charge is -2.30. The van der Waals surface area contributed by atoms with Crippen LogP contribution >= 0.6 is 0 Å². The summed E-state index contributed by atoms with van der Waals surface area (Å²) in [5.74, 6) is 0.724. The number of fused-ring (bicyclic) bond motifs is 10.